The maximum atomic E-state index is 6.34. The number of hydrogen-bond donors (Lipinski definition) is 1. The largest absolute Gasteiger partial charge is 0.344 e. The van der Waals surface area contributed by atoms with Gasteiger partial charge in [-0.05, 0) is 30.7 Å². The molecule has 0 saturated heterocycles. The van der Waals surface area contributed by atoms with Crippen LogP contribution in [0.15, 0.2) is 30.5 Å². The van der Waals surface area contributed by atoms with Gasteiger partial charge in [0.1, 0.15) is 5.82 Å². The van der Waals surface area contributed by atoms with E-state index in [1.54, 1.807) is 0 Å². The Morgan fingerprint density at radius 2 is 1.96 bits per heavy atom. The van der Waals surface area contributed by atoms with Gasteiger partial charge in [0.2, 0.25) is 0 Å². The Bertz CT molecular complexity index is 952. The molecule has 0 aliphatic carbocycles. The summed E-state index contributed by atoms with van der Waals surface area (Å²) in [5.41, 5.74) is 4.27. The highest BCUT2D eigenvalue weighted by atomic mass is 35.5. The van der Waals surface area contributed by atoms with Crippen molar-refractivity contribution in [2.45, 2.75) is 45.7 Å². The third-order valence-corrected chi connectivity index (χ3v) is 5.61. The van der Waals surface area contributed by atoms with Gasteiger partial charge in [-0.3, -0.25) is 4.90 Å². The fourth-order valence-electron chi connectivity index (χ4n) is 3.48. The maximum Gasteiger partial charge on any atom is 0.159 e. The van der Waals surface area contributed by atoms with Gasteiger partial charge in [-0.1, -0.05) is 36.5 Å². The van der Waals surface area contributed by atoms with Gasteiger partial charge in [0, 0.05) is 54.8 Å². The standard InChI is InChI=1S/C21H23Cl2N5/c1-2-3-4-19-25-18(20(23)27-19)13-28-10-9-17-15(12-28)11-24-21(26-17)14-5-7-16(22)8-6-14/h5-8,11H,2-4,9-10,12-13H2,1H3,(H,25,27). The molecule has 28 heavy (non-hydrogen) atoms. The summed E-state index contributed by atoms with van der Waals surface area (Å²) in [6.07, 6.45) is 6.05. The van der Waals surface area contributed by atoms with Crippen LogP contribution in [0.1, 0.15) is 42.5 Å². The fraction of sp³-hybridized carbons (Fsp3) is 0.381. The average molecular weight is 416 g/mol. The van der Waals surface area contributed by atoms with Gasteiger partial charge in [-0.25, -0.2) is 15.0 Å². The number of aromatic nitrogens is 4. The van der Waals surface area contributed by atoms with Crippen LogP contribution in [0.5, 0.6) is 0 Å². The Hall–Kier alpha value is -1.95. The van der Waals surface area contributed by atoms with Gasteiger partial charge < -0.3 is 4.98 Å². The van der Waals surface area contributed by atoms with E-state index in [1.807, 2.05) is 30.5 Å². The Balaban J connectivity index is 1.45. The van der Waals surface area contributed by atoms with Crippen LogP contribution in [-0.4, -0.2) is 31.4 Å². The fourth-order valence-corrected chi connectivity index (χ4v) is 3.81. The van der Waals surface area contributed by atoms with E-state index in [-0.39, 0.29) is 0 Å². The molecule has 0 fully saturated rings. The van der Waals surface area contributed by atoms with Crippen molar-refractivity contribution in [3.05, 3.63) is 63.4 Å². The molecule has 146 valence electrons. The molecular formula is C21H23Cl2N5. The number of fused-ring (bicyclic) bond motifs is 1. The monoisotopic (exact) mass is 415 g/mol. The summed E-state index contributed by atoms with van der Waals surface area (Å²) in [6.45, 7) is 4.69. The lowest BCUT2D eigenvalue weighted by Gasteiger charge is -2.27. The molecule has 4 rings (SSSR count). The molecule has 1 aliphatic heterocycles. The maximum absolute atomic E-state index is 6.34. The van der Waals surface area contributed by atoms with E-state index >= 15 is 0 Å². The SMILES string of the molecule is CCCCc1nc(Cl)c(CN2CCc3nc(-c4ccc(Cl)cc4)ncc3C2)[nH]1. The minimum atomic E-state index is 0.589. The topological polar surface area (TPSA) is 57.7 Å². The Morgan fingerprint density at radius 3 is 2.75 bits per heavy atom. The number of unbranched alkanes of at least 4 members (excludes halogenated alkanes) is 1. The molecule has 3 heterocycles. The lowest BCUT2D eigenvalue weighted by atomic mass is 10.1. The van der Waals surface area contributed by atoms with Crippen molar-refractivity contribution in [1.82, 2.24) is 24.8 Å². The number of nitrogens with zero attached hydrogens (tertiary/aromatic N) is 4. The van der Waals surface area contributed by atoms with Crippen molar-refractivity contribution < 1.29 is 0 Å². The van der Waals surface area contributed by atoms with Crippen molar-refractivity contribution in [3.8, 4) is 11.4 Å². The summed E-state index contributed by atoms with van der Waals surface area (Å²) in [6, 6.07) is 7.64. The zero-order chi connectivity index (χ0) is 19.5. The lowest BCUT2D eigenvalue weighted by Crippen LogP contribution is -2.31. The molecule has 0 spiro atoms. The van der Waals surface area contributed by atoms with Gasteiger partial charge in [-0.2, -0.15) is 0 Å². The van der Waals surface area contributed by atoms with Crippen LogP contribution in [0.3, 0.4) is 0 Å². The van der Waals surface area contributed by atoms with Crippen LogP contribution < -0.4 is 0 Å². The van der Waals surface area contributed by atoms with Crippen LogP contribution in [0.2, 0.25) is 10.2 Å². The quantitative estimate of drug-likeness (QED) is 0.609. The molecule has 5 nitrogen and oxygen atoms in total. The summed E-state index contributed by atoms with van der Waals surface area (Å²) in [5, 5.41) is 1.30. The number of H-pyrrole nitrogens is 1. The average Bonchev–Trinajstić information content (AvgIpc) is 3.06. The molecule has 0 bridgehead atoms. The summed E-state index contributed by atoms with van der Waals surface area (Å²) >= 11 is 12.3. The first kappa shape index (κ1) is 19.4. The zero-order valence-corrected chi connectivity index (χ0v) is 17.4. The van der Waals surface area contributed by atoms with E-state index in [2.05, 4.69) is 26.8 Å². The number of hydrogen-bond acceptors (Lipinski definition) is 4. The second-order valence-corrected chi connectivity index (χ2v) is 7.98. The number of aryl methyl sites for hydroxylation is 1. The predicted molar refractivity (Wildman–Crippen MR) is 113 cm³/mol. The molecule has 0 unspecified atom stereocenters. The minimum absolute atomic E-state index is 0.589. The Morgan fingerprint density at radius 1 is 1.14 bits per heavy atom. The molecular weight excluding hydrogens is 393 g/mol. The number of imidazole rings is 1. The van der Waals surface area contributed by atoms with Crippen molar-refractivity contribution in [3.63, 3.8) is 0 Å². The van der Waals surface area contributed by atoms with E-state index in [1.165, 1.54) is 5.56 Å². The second-order valence-electron chi connectivity index (χ2n) is 7.19. The van der Waals surface area contributed by atoms with Crippen LogP contribution in [-0.2, 0) is 25.9 Å². The zero-order valence-electron chi connectivity index (χ0n) is 15.9. The van der Waals surface area contributed by atoms with E-state index in [9.17, 15) is 0 Å². The van der Waals surface area contributed by atoms with Crippen molar-refractivity contribution in [2.75, 3.05) is 6.54 Å². The van der Waals surface area contributed by atoms with E-state index in [0.717, 1.165) is 73.9 Å². The molecule has 2 aromatic heterocycles. The second kappa shape index (κ2) is 8.60. The number of nitrogens with one attached hydrogen (secondary N) is 1. The highest BCUT2D eigenvalue weighted by Gasteiger charge is 2.21. The van der Waals surface area contributed by atoms with Gasteiger partial charge >= 0.3 is 0 Å². The molecule has 7 heteroatoms. The van der Waals surface area contributed by atoms with Crippen LogP contribution in [0.4, 0.5) is 0 Å². The first-order valence-electron chi connectivity index (χ1n) is 9.68. The number of rotatable bonds is 6. The molecule has 0 saturated carbocycles. The molecule has 0 amide bonds. The minimum Gasteiger partial charge on any atom is -0.344 e. The number of aromatic amines is 1. The molecule has 1 aromatic carbocycles. The van der Waals surface area contributed by atoms with Crippen LogP contribution in [0.25, 0.3) is 11.4 Å². The number of halogens is 2. The van der Waals surface area contributed by atoms with E-state index in [0.29, 0.717) is 10.2 Å². The van der Waals surface area contributed by atoms with Crippen molar-refractivity contribution in [2.24, 2.45) is 0 Å². The first-order valence-corrected chi connectivity index (χ1v) is 10.4. The smallest absolute Gasteiger partial charge is 0.159 e. The van der Waals surface area contributed by atoms with Crippen molar-refractivity contribution >= 4 is 23.2 Å². The van der Waals surface area contributed by atoms with Crippen molar-refractivity contribution in [1.29, 1.82) is 0 Å². The highest BCUT2D eigenvalue weighted by Crippen LogP contribution is 2.24. The third kappa shape index (κ3) is 4.37. The van der Waals surface area contributed by atoms with Crippen LogP contribution >= 0.6 is 23.2 Å². The molecule has 0 atom stereocenters. The lowest BCUT2D eigenvalue weighted by molar-refractivity contribution is 0.240. The molecule has 1 N–H and O–H groups in total. The summed E-state index contributed by atoms with van der Waals surface area (Å²) in [5.74, 6) is 1.73. The third-order valence-electron chi connectivity index (χ3n) is 5.04. The molecule has 3 aromatic rings. The Kier molecular flexibility index (Phi) is 5.95. The van der Waals surface area contributed by atoms with Gasteiger partial charge in [0.15, 0.2) is 11.0 Å². The normalized spacial score (nSPS) is 14.2. The van der Waals surface area contributed by atoms with Gasteiger partial charge in [0.05, 0.1) is 11.4 Å². The van der Waals surface area contributed by atoms with Gasteiger partial charge in [-0.15, -0.1) is 0 Å². The summed E-state index contributed by atoms with van der Waals surface area (Å²) < 4.78 is 0. The van der Waals surface area contributed by atoms with Gasteiger partial charge in [0.25, 0.3) is 0 Å². The first-order chi connectivity index (χ1) is 13.6. The summed E-state index contributed by atoms with van der Waals surface area (Å²) in [7, 11) is 0. The van der Waals surface area contributed by atoms with Crippen LogP contribution in [0, 0.1) is 0 Å². The molecule has 1 aliphatic rings. The van der Waals surface area contributed by atoms with E-state index in [4.69, 9.17) is 28.2 Å². The predicted octanol–water partition coefficient (Wildman–Crippen LogP) is 5.07. The molecule has 0 radical (unpaired) electrons. The highest BCUT2D eigenvalue weighted by molar-refractivity contribution is 6.30. The van der Waals surface area contributed by atoms with E-state index < -0.39 is 0 Å². The Labute approximate surface area is 175 Å². The summed E-state index contributed by atoms with van der Waals surface area (Å²) in [4.78, 5) is 19.6. The number of benzene rings is 1.